The van der Waals surface area contributed by atoms with Gasteiger partial charge in [0.15, 0.2) is 0 Å². The number of aliphatic hydroxyl groups excluding tert-OH is 6. The molecule has 1 aromatic heterocycles. The van der Waals surface area contributed by atoms with Crippen LogP contribution < -0.4 is 33.0 Å². The van der Waals surface area contributed by atoms with Gasteiger partial charge in [0.2, 0.25) is 0 Å². The Kier molecular flexibility index (Phi) is 18.8. The van der Waals surface area contributed by atoms with Crippen molar-refractivity contribution >= 4 is 18.3 Å². The lowest BCUT2D eigenvalue weighted by molar-refractivity contribution is 0.0321. The molecule has 0 bridgehead atoms. The first-order chi connectivity index (χ1) is 21.4. The zero-order chi connectivity index (χ0) is 33.8. The Hall–Kier alpha value is -4.02. The summed E-state index contributed by atoms with van der Waals surface area (Å²) in [5, 5.41) is 61.0. The summed E-state index contributed by atoms with van der Waals surface area (Å²) in [7, 11) is 0. The number of carbonyl (C=O) groups excluding carboxylic acids is 3. The third kappa shape index (κ3) is 15.0. The second-order valence-electron chi connectivity index (χ2n) is 9.45. The van der Waals surface area contributed by atoms with Crippen LogP contribution in [-0.2, 0) is 33.8 Å². The smallest absolute Gasteiger partial charge is 0.407 e. The molecule has 3 atom stereocenters. The number of nitrogens with one attached hydrogen (secondary N) is 3. The first-order valence-electron chi connectivity index (χ1n) is 14.0. The van der Waals surface area contributed by atoms with Gasteiger partial charge >= 0.3 is 35.3 Å². The average Bonchev–Trinajstić information content (AvgIpc) is 3.03. The number of aromatic nitrogens is 3. The van der Waals surface area contributed by atoms with E-state index in [1.54, 1.807) is 0 Å². The van der Waals surface area contributed by atoms with Crippen molar-refractivity contribution in [2.75, 3.05) is 59.3 Å². The third-order valence-corrected chi connectivity index (χ3v) is 5.72. The van der Waals surface area contributed by atoms with E-state index in [0.29, 0.717) is 0 Å². The van der Waals surface area contributed by atoms with E-state index >= 15 is 0 Å². The van der Waals surface area contributed by atoms with Crippen LogP contribution >= 0.6 is 0 Å². The maximum Gasteiger partial charge on any atom is 0.407 e. The molecule has 258 valence electrons. The fraction of sp³-hybridized carbons (Fsp3) is 0.750. The molecule has 0 saturated heterocycles. The standard InChI is InChI=1S/C24H42N6O15/c31-10-16(34)13-43-19(37)25-4-1-7-28-22(40)29(8-2-5-26-20(38)44-14-17(35)11-32)24(42)30(23(28)41)9-3-6-27-21(39)45-15-18(36)12-33/h16-18,31-36H,1-15H2,(H,25,37)(H,26,38)(H,27,39). The van der Waals surface area contributed by atoms with E-state index in [2.05, 4.69) is 16.0 Å². The molecule has 1 aromatic rings. The van der Waals surface area contributed by atoms with Crippen molar-refractivity contribution in [3.05, 3.63) is 31.5 Å². The highest BCUT2D eigenvalue weighted by molar-refractivity contribution is 5.67. The molecule has 3 amide bonds. The van der Waals surface area contributed by atoms with Crippen LogP contribution in [0.1, 0.15) is 19.3 Å². The molecule has 0 aliphatic carbocycles. The number of nitrogens with zero attached hydrogens (tertiary/aromatic N) is 3. The summed E-state index contributed by atoms with van der Waals surface area (Å²) < 4.78 is 16.4. The molecular formula is C24H42N6O15. The van der Waals surface area contributed by atoms with E-state index in [1.165, 1.54) is 0 Å². The summed E-state index contributed by atoms with van der Waals surface area (Å²) in [4.78, 5) is 74.4. The fourth-order valence-corrected chi connectivity index (χ4v) is 3.37. The van der Waals surface area contributed by atoms with E-state index in [-0.39, 0.29) is 58.5 Å². The fourth-order valence-electron chi connectivity index (χ4n) is 3.37. The Morgan fingerprint density at radius 2 is 0.778 bits per heavy atom. The van der Waals surface area contributed by atoms with Crippen LogP contribution in [0.15, 0.2) is 14.4 Å². The van der Waals surface area contributed by atoms with E-state index in [4.69, 9.17) is 29.5 Å². The Balaban J connectivity index is 2.93. The van der Waals surface area contributed by atoms with Crippen LogP contribution in [0.5, 0.6) is 0 Å². The normalized spacial score (nSPS) is 12.9. The van der Waals surface area contributed by atoms with E-state index in [1.807, 2.05) is 0 Å². The molecule has 0 radical (unpaired) electrons. The van der Waals surface area contributed by atoms with Crippen LogP contribution in [0.3, 0.4) is 0 Å². The van der Waals surface area contributed by atoms with Crippen LogP contribution in [0.4, 0.5) is 14.4 Å². The lowest BCUT2D eigenvalue weighted by Crippen LogP contribution is -2.55. The minimum Gasteiger partial charge on any atom is -0.447 e. The van der Waals surface area contributed by atoms with Crippen molar-refractivity contribution < 1.29 is 59.2 Å². The first-order valence-corrected chi connectivity index (χ1v) is 14.0. The maximum atomic E-state index is 13.1. The predicted octanol–water partition coefficient (Wildman–Crippen LogP) is -5.42. The summed E-state index contributed by atoms with van der Waals surface area (Å²) in [6.07, 6.45) is -6.36. The second-order valence-corrected chi connectivity index (χ2v) is 9.45. The summed E-state index contributed by atoms with van der Waals surface area (Å²) >= 11 is 0. The number of amides is 3. The molecule has 45 heavy (non-hydrogen) atoms. The second kappa shape index (κ2) is 21.6. The molecule has 0 saturated carbocycles. The molecule has 0 aliphatic heterocycles. The average molecular weight is 655 g/mol. The van der Waals surface area contributed by atoms with Crippen molar-refractivity contribution in [3.8, 4) is 0 Å². The maximum absolute atomic E-state index is 13.1. The highest BCUT2D eigenvalue weighted by atomic mass is 16.6. The highest BCUT2D eigenvalue weighted by Crippen LogP contribution is 1.91. The number of hydrogen-bond donors (Lipinski definition) is 9. The molecule has 3 unspecified atom stereocenters. The van der Waals surface area contributed by atoms with Gasteiger partial charge in [0.25, 0.3) is 0 Å². The summed E-state index contributed by atoms with van der Waals surface area (Å²) in [5.41, 5.74) is -2.85. The predicted molar refractivity (Wildman–Crippen MR) is 150 cm³/mol. The third-order valence-electron chi connectivity index (χ3n) is 5.72. The molecule has 1 rings (SSSR count). The molecule has 0 aliphatic rings. The zero-order valence-corrected chi connectivity index (χ0v) is 24.5. The van der Waals surface area contributed by atoms with Gasteiger partial charge in [-0.1, -0.05) is 0 Å². The minimum atomic E-state index is -1.26. The molecule has 0 fully saturated rings. The molecular weight excluding hydrogens is 612 g/mol. The van der Waals surface area contributed by atoms with Gasteiger partial charge in [-0.2, -0.15) is 0 Å². The SMILES string of the molecule is O=C(NCCCn1c(=O)n(CCCNC(=O)OCC(O)CO)c(=O)n(CCCNC(=O)OCC(O)CO)c1=O)OCC(O)CO. The molecule has 21 heteroatoms. The molecule has 0 spiro atoms. The van der Waals surface area contributed by atoms with E-state index in [0.717, 1.165) is 13.7 Å². The van der Waals surface area contributed by atoms with Crippen molar-refractivity contribution in [2.45, 2.75) is 57.2 Å². The first kappa shape index (κ1) is 39.0. The molecule has 1 heterocycles. The zero-order valence-electron chi connectivity index (χ0n) is 24.5. The number of hydrogen-bond acceptors (Lipinski definition) is 15. The van der Waals surface area contributed by atoms with Crippen LogP contribution in [0.25, 0.3) is 0 Å². The van der Waals surface area contributed by atoms with E-state index < -0.39 is 93.3 Å². The van der Waals surface area contributed by atoms with Crippen molar-refractivity contribution in [2.24, 2.45) is 0 Å². The van der Waals surface area contributed by atoms with Gasteiger partial charge in [-0.15, -0.1) is 0 Å². The summed E-state index contributed by atoms with van der Waals surface area (Å²) in [6.45, 7) is -4.06. The molecule has 21 nitrogen and oxygen atoms in total. The van der Waals surface area contributed by atoms with Gasteiger partial charge < -0.3 is 60.8 Å². The number of ether oxygens (including phenoxy) is 3. The molecule has 0 aromatic carbocycles. The number of alkyl carbamates (subject to hydrolysis) is 3. The van der Waals surface area contributed by atoms with Crippen molar-refractivity contribution in [1.29, 1.82) is 0 Å². The van der Waals surface area contributed by atoms with Gasteiger partial charge in [-0.05, 0) is 19.3 Å². The summed E-state index contributed by atoms with van der Waals surface area (Å²) in [5.74, 6) is 0. The van der Waals surface area contributed by atoms with Gasteiger partial charge in [-0.3, -0.25) is 0 Å². The quantitative estimate of drug-likeness (QED) is 0.0441. The van der Waals surface area contributed by atoms with Gasteiger partial charge in [0, 0.05) is 39.3 Å². The largest absolute Gasteiger partial charge is 0.447 e. The van der Waals surface area contributed by atoms with Gasteiger partial charge in [0.1, 0.15) is 38.1 Å². The minimum absolute atomic E-state index is 0.0468. The molecule has 9 N–H and O–H groups in total. The lowest BCUT2D eigenvalue weighted by atomic mass is 10.4. The van der Waals surface area contributed by atoms with Crippen LogP contribution in [0, 0.1) is 0 Å². The van der Waals surface area contributed by atoms with Gasteiger partial charge in [-0.25, -0.2) is 42.5 Å². The summed E-state index contributed by atoms with van der Waals surface area (Å²) in [6, 6.07) is 0. The topological polar surface area (TPSA) is 302 Å². The van der Waals surface area contributed by atoms with E-state index in [9.17, 15) is 44.1 Å². The lowest BCUT2D eigenvalue weighted by Gasteiger charge is -2.15. The van der Waals surface area contributed by atoms with Crippen LogP contribution in [0.2, 0.25) is 0 Å². The van der Waals surface area contributed by atoms with Gasteiger partial charge in [0.05, 0.1) is 19.8 Å². The van der Waals surface area contributed by atoms with Crippen LogP contribution in [-0.4, -0.2) is 140 Å². The number of aliphatic hydroxyl groups is 6. The Labute approximate surface area is 255 Å². The van der Waals surface area contributed by atoms with Crippen molar-refractivity contribution in [3.63, 3.8) is 0 Å². The van der Waals surface area contributed by atoms with Crippen molar-refractivity contribution in [1.82, 2.24) is 29.7 Å². The Morgan fingerprint density at radius 3 is 1.00 bits per heavy atom. The number of carbonyl (C=O) groups is 3. The Bertz CT molecular complexity index is 1060. The number of rotatable bonds is 21. The monoisotopic (exact) mass is 654 g/mol. The highest BCUT2D eigenvalue weighted by Gasteiger charge is 2.16. The Morgan fingerprint density at radius 1 is 0.533 bits per heavy atom.